The molecule has 1 aliphatic heterocycles. The van der Waals surface area contributed by atoms with Crippen molar-refractivity contribution in [1.29, 1.82) is 0 Å². The van der Waals surface area contributed by atoms with E-state index in [1.807, 2.05) is 0 Å². The largest absolute Gasteiger partial charge is 0.317 e. The molecule has 1 N–H and O–H groups in total. The van der Waals surface area contributed by atoms with Crippen LogP contribution in [-0.4, -0.2) is 44.7 Å². The fourth-order valence-corrected chi connectivity index (χ4v) is 4.92. The molecule has 2 unspecified atom stereocenters. The Bertz CT molecular complexity index is 344. The Kier molecular flexibility index (Phi) is 5.04. The van der Waals surface area contributed by atoms with Crippen molar-refractivity contribution in [1.82, 2.24) is 9.62 Å². The summed E-state index contributed by atoms with van der Waals surface area (Å²) >= 11 is 0. The Morgan fingerprint density at radius 3 is 2.44 bits per heavy atom. The lowest BCUT2D eigenvalue weighted by Crippen LogP contribution is -2.32. The molecule has 1 saturated carbocycles. The van der Waals surface area contributed by atoms with Gasteiger partial charge >= 0.3 is 0 Å². The summed E-state index contributed by atoms with van der Waals surface area (Å²) in [6.07, 6.45) is 5.50. The summed E-state index contributed by atoms with van der Waals surface area (Å²) < 4.78 is 26.2. The van der Waals surface area contributed by atoms with Crippen LogP contribution in [0.15, 0.2) is 0 Å². The molecule has 4 nitrogen and oxygen atoms in total. The second-order valence-corrected chi connectivity index (χ2v) is 7.73. The molecule has 0 bridgehead atoms. The van der Waals surface area contributed by atoms with Gasteiger partial charge in [-0.25, -0.2) is 12.7 Å². The van der Waals surface area contributed by atoms with Crippen LogP contribution in [0.25, 0.3) is 0 Å². The number of nitrogens with zero attached hydrogens (tertiary/aromatic N) is 1. The van der Waals surface area contributed by atoms with Gasteiger partial charge in [-0.1, -0.05) is 13.3 Å². The van der Waals surface area contributed by atoms with Crippen molar-refractivity contribution in [2.45, 2.75) is 39.0 Å². The predicted octanol–water partition coefficient (Wildman–Crippen LogP) is 1.44. The number of rotatable bonds is 7. The quantitative estimate of drug-likeness (QED) is 0.715. The first kappa shape index (κ1) is 14.3. The first-order valence-electron chi connectivity index (χ1n) is 7.32. The van der Waals surface area contributed by atoms with Gasteiger partial charge in [-0.15, -0.1) is 0 Å². The van der Waals surface area contributed by atoms with Crippen LogP contribution in [0.4, 0.5) is 0 Å². The zero-order valence-corrected chi connectivity index (χ0v) is 12.2. The van der Waals surface area contributed by atoms with Gasteiger partial charge in [0.05, 0.1) is 5.75 Å². The monoisotopic (exact) mass is 274 g/mol. The molecule has 106 valence electrons. The average molecular weight is 274 g/mol. The average Bonchev–Trinajstić information content (AvgIpc) is 2.88. The number of sulfonamides is 1. The fraction of sp³-hybridized carbons (Fsp3) is 1.00. The van der Waals surface area contributed by atoms with Crippen molar-refractivity contribution in [2.75, 3.05) is 31.9 Å². The number of nitrogens with one attached hydrogen (secondary N) is 1. The Balaban J connectivity index is 1.74. The summed E-state index contributed by atoms with van der Waals surface area (Å²) in [5.74, 6) is 1.64. The van der Waals surface area contributed by atoms with Crippen molar-refractivity contribution in [3.05, 3.63) is 0 Å². The van der Waals surface area contributed by atoms with Gasteiger partial charge in [-0.05, 0) is 50.6 Å². The lowest BCUT2D eigenvalue weighted by molar-refractivity contribution is 0.443. The summed E-state index contributed by atoms with van der Waals surface area (Å²) in [6, 6.07) is 0. The summed E-state index contributed by atoms with van der Waals surface area (Å²) in [7, 11) is -2.98. The zero-order chi connectivity index (χ0) is 13.0. The normalized spacial score (nSPS) is 28.7. The molecular formula is C13H26N2O2S. The minimum absolute atomic E-state index is 0.331. The van der Waals surface area contributed by atoms with E-state index in [1.165, 1.54) is 19.3 Å². The van der Waals surface area contributed by atoms with Gasteiger partial charge in [0.2, 0.25) is 10.0 Å². The predicted molar refractivity (Wildman–Crippen MR) is 74.0 cm³/mol. The molecule has 2 rings (SSSR count). The molecule has 1 aliphatic carbocycles. The number of unbranched alkanes of at least 4 members (excludes halogenated alkanes) is 1. The lowest BCUT2D eigenvalue weighted by atomic mass is 10.0. The van der Waals surface area contributed by atoms with Crippen LogP contribution >= 0.6 is 0 Å². The molecule has 0 aromatic rings. The Labute approximate surface area is 111 Å². The maximum absolute atomic E-state index is 12.2. The van der Waals surface area contributed by atoms with Crippen LogP contribution < -0.4 is 5.32 Å². The Morgan fingerprint density at radius 2 is 1.83 bits per heavy atom. The molecule has 0 radical (unpaired) electrons. The molecule has 18 heavy (non-hydrogen) atoms. The van der Waals surface area contributed by atoms with E-state index >= 15 is 0 Å². The van der Waals surface area contributed by atoms with Gasteiger partial charge in [0.25, 0.3) is 0 Å². The second-order valence-electron chi connectivity index (χ2n) is 5.64. The van der Waals surface area contributed by atoms with Gasteiger partial charge in [0.1, 0.15) is 0 Å². The fourth-order valence-electron chi connectivity index (χ4n) is 3.26. The summed E-state index contributed by atoms with van der Waals surface area (Å²) in [5, 5.41) is 3.23. The van der Waals surface area contributed by atoms with E-state index in [0.717, 1.165) is 39.0 Å². The molecule has 1 heterocycles. The van der Waals surface area contributed by atoms with Gasteiger partial charge in [-0.2, -0.15) is 0 Å². The molecule has 0 amide bonds. The van der Waals surface area contributed by atoms with E-state index in [4.69, 9.17) is 0 Å². The maximum Gasteiger partial charge on any atom is 0.214 e. The third-order valence-corrected chi connectivity index (χ3v) is 6.23. The zero-order valence-electron chi connectivity index (χ0n) is 11.4. The summed E-state index contributed by atoms with van der Waals surface area (Å²) in [6.45, 7) is 5.54. The van der Waals surface area contributed by atoms with Gasteiger partial charge in [-0.3, -0.25) is 0 Å². The third-order valence-electron chi connectivity index (χ3n) is 4.34. The van der Waals surface area contributed by atoms with Crippen LogP contribution in [0.5, 0.6) is 0 Å². The van der Waals surface area contributed by atoms with Crippen LogP contribution in [0.2, 0.25) is 0 Å². The van der Waals surface area contributed by atoms with E-state index in [9.17, 15) is 8.42 Å². The number of hydrogen-bond donors (Lipinski definition) is 1. The number of hydrogen-bond acceptors (Lipinski definition) is 3. The van der Waals surface area contributed by atoms with Crippen molar-refractivity contribution in [2.24, 2.45) is 11.8 Å². The molecular weight excluding hydrogens is 248 g/mol. The molecule has 0 spiro atoms. The highest BCUT2D eigenvalue weighted by Gasteiger charge is 2.40. The first-order chi connectivity index (χ1) is 8.63. The topological polar surface area (TPSA) is 49.4 Å². The standard InChI is InChI=1S/C13H26N2O2S/c1-2-14-8-3-4-9-18(16,17)15-10-12-6-5-7-13(12)11-15/h12-14H,2-11H2,1H3. The molecule has 2 fully saturated rings. The summed E-state index contributed by atoms with van der Waals surface area (Å²) in [5.41, 5.74) is 0. The third kappa shape index (κ3) is 3.45. The van der Waals surface area contributed by atoms with Crippen LogP contribution in [0, 0.1) is 11.8 Å². The van der Waals surface area contributed by atoms with E-state index in [-0.39, 0.29) is 0 Å². The van der Waals surface area contributed by atoms with E-state index in [0.29, 0.717) is 17.6 Å². The van der Waals surface area contributed by atoms with Crippen LogP contribution in [0.1, 0.15) is 39.0 Å². The number of fused-ring (bicyclic) bond motifs is 1. The van der Waals surface area contributed by atoms with Crippen LogP contribution in [-0.2, 0) is 10.0 Å². The minimum atomic E-state index is -2.98. The SMILES string of the molecule is CCNCCCCS(=O)(=O)N1CC2CCCC2C1. The Morgan fingerprint density at radius 1 is 1.17 bits per heavy atom. The van der Waals surface area contributed by atoms with E-state index in [2.05, 4.69) is 12.2 Å². The molecule has 2 aliphatic rings. The van der Waals surface area contributed by atoms with Crippen LogP contribution in [0.3, 0.4) is 0 Å². The van der Waals surface area contributed by atoms with Crippen molar-refractivity contribution in [3.63, 3.8) is 0 Å². The van der Waals surface area contributed by atoms with Gasteiger partial charge in [0, 0.05) is 13.1 Å². The highest BCUT2D eigenvalue weighted by molar-refractivity contribution is 7.89. The van der Waals surface area contributed by atoms with Crippen molar-refractivity contribution in [3.8, 4) is 0 Å². The van der Waals surface area contributed by atoms with E-state index < -0.39 is 10.0 Å². The first-order valence-corrected chi connectivity index (χ1v) is 8.93. The molecule has 5 heteroatoms. The van der Waals surface area contributed by atoms with E-state index in [1.54, 1.807) is 4.31 Å². The molecule has 1 saturated heterocycles. The van der Waals surface area contributed by atoms with Crippen molar-refractivity contribution >= 4 is 10.0 Å². The Hall–Kier alpha value is -0.130. The highest BCUT2D eigenvalue weighted by atomic mass is 32.2. The highest BCUT2D eigenvalue weighted by Crippen LogP contribution is 2.38. The summed E-state index contributed by atoms with van der Waals surface area (Å²) in [4.78, 5) is 0. The van der Waals surface area contributed by atoms with Gasteiger partial charge < -0.3 is 5.32 Å². The van der Waals surface area contributed by atoms with Crippen molar-refractivity contribution < 1.29 is 8.42 Å². The molecule has 0 aromatic heterocycles. The van der Waals surface area contributed by atoms with Gasteiger partial charge in [0.15, 0.2) is 0 Å². The minimum Gasteiger partial charge on any atom is -0.317 e. The second kappa shape index (κ2) is 6.35. The molecule has 2 atom stereocenters. The molecule has 0 aromatic carbocycles. The smallest absolute Gasteiger partial charge is 0.214 e. The lowest BCUT2D eigenvalue weighted by Gasteiger charge is -2.17. The maximum atomic E-state index is 12.2.